The maximum atomic E-state index is 13.7. The molecule has 1 saturated heterocycles. The van der Waals surface area contributed by atoms with Crippen molar-refractivity contribution in [1.82, 2.24) is 10.2 Å². The van der Waals surface area contributed by atoms with Crippen LogP contribution in [-0.2, 0) is 22.4 Å². The third kappa shape index (κ3) is 3.37. The molecule has 1 aliphatic carbocycles. The first kappa shape index (κ1) is 21.0. The van der Waals surface area contributed by atoms with Gasteiger partial charge in [0.15, 0.2) is 0 Å². The number of fused-ring (bicyclic) bond motifs is 4. The zero-order chi connectivity index (χ0) is 22.6. The molecule has 3 aliphatic rings. The predicted octanol–water partition coefficient (Wildman–Crippen LogP) is 3.14. The first-order valence-electron chi connectivity index (χ1n) is 11.5. The second-order valence-corrected chi connectivity index (χ2v) is 10.2. The van der Waals surface area contributed by atoms with Gasteiger partial charge in [0.1, 0.15) is 11.8 Å². The number of carbonyl (C=O) groups is 2. The molecule has 168 valence electrons. The highest BCUT2D eigenvalue weighted by Crippen LogP contribution is 2.50. The number of hydrogen-bond acceptors (Lipinski definition) is 4. The smallest absolute Gasteiger partial charge is 0.243 e. The van der Waals surface area contributed by atoms with Crippen LogP contribution in [0.5, 0.6) is 5.75 Å². The SMILES string of the molecule is CC1(C)C[C@@H]2c3cc(O)ccc3C[C@H](N)C(=O)N2C1C(=O)N[C@@H]1CCCc2ccccc21. The molecule has 0 spiro atoms. The van der Waals surface area contributed by atoms with E-state index in [-0.39, 0.29) is 29.6 Å². The first-order valence-corrected chi connectivity index (χ1v) is 11.5. The highest BCUT2D eigenvalue weighted by molar-refractivity contribution is 5.92. The Labute approximate surface area is 188 Å². The van der Waals surface area contributed by atoms with E-state index in [1.165, 1.54) is 11.1 Å². The number of phenolic OH excluding ortho intramolecular Hbond substituents is 1. The Morgan fingerprint density at radius 1 is 1.16 bits per heavy atom. The second-order valence-electron chi connectivity index (χ2n) is 10.2. The van der Waals surface area contributed by atoms with Crippen LogP contribution in [0.4, 0.5) is 0 Å². The van der Waals surface area contributed by atoms with Gasteiger partial charge in [0.05, 0.1) is 18.1 Å². The quantitative estimate of drug-likeness (QED) is 0.678. The molecule has 2 aromatic carbocycles. The molecule has 2 amide bonds. The second kappa shape index (κ2) is 7.62. The lowest BCUT2D eigenvalue weighted by atomic mass is 9.81. The van der Waals surface area contributed by atoms with Gasteiger partial charge in [-0.2, -0.15) is 0 Å². The maximum Gasteiger partial charge on any atom is 0.243 e. The van der Waals surface area contributed by atoms with Gasteiger partial charge < -0.3 is 21.1 Å². The summed E-state index contributed by atoms with van der Waals surface area (Å²) in [5, 5.41) is 13.4. The summed E-state index contributed by atoms with van der Waals surface area (Å²) >= 11 is 0. The number of benzene rings is 2. The number of hydrogen-bond donors (Lipinski definition) is 3. The van der Waals surface area contributed by atoms with E-state index >= 15 is 0 Å². The van der Waals surface area contributed by atoms with Crippen LogP contribution in [0.3, 0.4) is 0 Å². The molecule has 2 heterocycles. The van der Waals surface area contributed by atoms with Crippen molar-refractivity contribution in [3.63, 3.8) is 0 Å². The fourth-order valence-electron chi connectivity index (χ4n) is 6.04. The number of aryl methyl sites for hydroxylation is 1. The lowest BCUT2D eigenvalue weighted by Crippen LogP contribution is -2.55. The molecular formula is C26H31N3O3. The van der Waals surface area contributed by atoms with Gasteiger partial charge in [0.25, 0.3) is 0 Å². The van der Waals surface area contributed by atoms with Gasteiger partial charge in [0, 0.05) is 0 Å². The molecule has 6 nitrogen and oxygen atoms in total. The molecule has 1 unspecified atom stereocenters. The molecule has 5 rings (SSSR count). The van der Waals surface area contributed by atoms with Crippen molar-refractivity contribution in [2.24, 2.45) is 11.1 Å². The number of phenols is 1. The molecule has 4 atom stereocenters. The molecule has 32 heavy (non-hydrogen) atoms. The van der Waals surface area contributed by atoms with Crippen molar-refractivity contribution in [2.75, 3.05) is 0 Å². The van der Waals surface area contributed by atoms with Crippen LogP contribution >= 0.6 is 0 Å². The van der Waals surface area contributed by atoms with Crippen molar-refractivity contribution in [2.45, 2.75) is 70.1 Å². The van der Waals surface area contributed by atoms with Gasteiger partial charge >= 0.3 is 0 Å². The zero-order valence-corrected chi connectivity index (χ0v) is 18.7. The predicted molar refractivity (Wildman–Crippen MR) is 122 cm³/mol. The third-order valence-electron chi connectivity index (χ3n) is 7.51. The number of amides is 2. The minimum absolute atomic E-state index is 0.0469. The summed E-state index contributed by atoms with van der Waals surface area (Å²) in [6.07, 6.45) is 4.00. The van der Waals surface area contributed by atoms with E-state index in [0.29, 0.717) is 12.8 Å². The number of nitrogens with one attached hydrogen (secondary N) is 1. The summed E-state index contributed by atoms with van der Waals surface area (Å²) in [5.74, 6) is -0.153. The summed E-state index contributed by atoms with van der Waals surface area (Å²) < 4.78 is 0. The van der Waals surface area contributed by atoms with Gasteiger partial charge in [-0.3, -0.25) is 9.59 Å². The summed E-state index contributed by atoms with van der Waals surface area (Å²) in [6.45, 7) is 4.09. The molecule has 4 N–H and O–H groups in total. The van der Waals surface area contributed by atoms with Crippen molar-refractivity contribution >= 4 is 11.8 Å². The standard InChI is InChI=1S/C26H31N3O3/c1-26(2)14-22-19-13-17(30)11-10-16(19)12-20(27)25(32)29(22)23(26)24(31)28-21-9-5-7-15-6-3-4-8-18(15)21/h3-4,6,8,10-11,13,20-23,30H,5,7,9,12,14,27H2,1-2H3,(H,28,31)/t20-,21+,22+,23?/m0/s1. The molecule has 0 saturated carbocycles. The monoisotopic (exact) mass is 433 g/mol. The van der Waals surface area contributed by atoms with E-state index in [1.807, 2.05) is 32.0 Å². The molecule has 0 aromatic heterocycles. The first-order chi connectivity index (χ1) is 15.3. The Balaban J connectivity index is 1.50. The number of rotatable bonds is 2. The topological polar surface area (TPSA) is 95.7 Å². The van der Waals surface area contributed by atoms with Gasteiger partial charge in [-0.1, -0.05) is 44.2 Å². The van der Waals surface area contributed by atoms with Gasteiger partial charge in [0.2, 0.25) is 11.8 Å². The van der Waals surface area contributed by atoms with Crippen LogP contribution in [0.2, 0.25) is 0 Å². The van der Waals surface area contributed by atoms with Crippen molar-refractivity contribution in [3.8, 4) is 5.75 Å². The number of aromatic hydroxyl groups is 1. The third-order valence-corrected chi connectivity index (χ3v) is 7.51. The van der Waals surface area contributed by atoms with Crippen molar-refractivity contribution in [1.29, 1.82) is 0 Å². The Morgan fingerprint density at radius 2 is 1.94 bits per heavy atom. The van der Waals surface area contributed by atoms with Crippen LogP contribution in [0, 0.1) is 5.41 Å². The van der Waals surface area contributed by atoms with Crippen LogP contribution in [0.25, 0.3) is 0 Å². The summed E-state index contributed by atoms with van der Waals surface area (Å²) in [6, 6.07) is 11.8. The van der Waals surface area contributed by atoms with Crippen molar-refractivity contribution in [3.05, 3.63) is 64.7 Å². The summed E-state index contributed by atoms with van der Waals surface area (Å²) in [4.78, 5) is 28.9. The van der Waals surface area contributed by atoms with Gasteiger partial charge in [-0.15, -0.1) is 0 Å². The maximum absolute atomic E-state index is 13.7. The molecular weight excluding hydrogens is 402 g/mol. The number of nitrogens with zero attached hydrogens (tertiary/aromatic N) is 1. The molecule has 1 fully saturated rings. The van der Waals surface area contributed by atoms with Gasteiger partial charge in [-0.05, 0) is 71.9 Å². The van der Waals surface area contributed by atoms with E-state index in [0.717, 1.165) is 30.4 Å². The zero-order valence-electron chi connectivity index (χ0n) is 18.7. The molecule has 6 heteroatoms. The Bertz CT molecular complexity index is 1080. The van der Waals surface area contributed by atoms with Crippen LogP contribution in [0.15, 0.2) is 42.5 Å². The lowest BCUT2D eigenvalue weighted by molar-refractivity contribution is -0.143. The van der Waals surface area contributed by atoms with Crippen LogP contribution in [0.1, 0.15) is 67.4 Å². The van der Waals surface area contributed by atoms with Gasteiger partial charge in [-0.25, -0.2) is 0 Å². The van der Waals surface area contributed by atoms with E-state index in [4.69, 9.17) is 5.73 Å². The molecule has 0 bridgehead atoms. The fraction of sp³-hybridized carbons (Fsp3) is 0.462. The molecule has 2 aliphatic heterocycles. The van der Waals surface area contributed by atoms with E-state index in [9.17, 15) is 14.7 Å². The number of nitrogens with two attached hydrogens (primary N) is 1. The minimum atomic E-state index is -0.706. The Hall–Kier alpha value is -2.86. The van der Waals surface area contributed by atoms with E-state index in [1.54, 1.807) is 17.0 Å². The highest BCUT2D eigenvalue weighted by atomic mass is 16.3. The average Bonchev–Trinajstić information content (AvgIpc) is 3.00. The largest absolute Gasteiger partial charge is 0.508 e. The van der Waals surface area contributed by atoms with Crippen LogP contribution < -0.4 is 11.1 Å². The van der Waals surface area contributed by atoms with E-state index in [2.05, 4.69) is 17.4 Å². The fourth-order valence-corrected chi connectivity index (χ4v) is 6.04. The number of carbonyl (C=O) groups excluding carboxylic acids is 2. The average molecular weight is 434 g/mol. The lowest BCUT2D eigenvalue weighted by Gasteiger charge is -2.35. The molecule has 2 aromatic rings. The van der Waals surface area contributed by atoms with Crippen LogP contribution in [-0.4, -0.2) is 33.9 Å². The van der Waals surface area contributed by atoms with Crippen molar-refractivity contribution < 1.29 is 14.7 Å². The summed E-state index contributed by atoms with van der Waals surface area (Å²) in [5.41, 5.74) is 10.2. The summed E-state index contributed by atoms with van der Waals surface area (Å²) in [7, 11) is 0. The molecule has 0 radical (unpaired) electrons. The highest BCUT2D eigenvalue weighted by Gasteiger charge is 2.55. The van der Waals surface area contributed by atoms with E-state index < -0.39 is 17.5 Å². The Kier molecular flexibility index (Phi) is 5.01. The Morgan fingerprint density at radius 3 is 2.75 bits per heavy atom. The minimum Gasteiger partial charge on any atom is -0.508 e. The normalized spacial score (nSPS) is 28.3.